The Balaban J connectivity index is 1.79. The van der Waals surface area contributed by atoms with E-state index in [0.29, 0.717) is 35.1 Å². The van der Waals surface area contributed by atoms with Crippen LogP contribution in [-0.2, 0) is 6.54 Å². The van der Waals surface area contributed by atoms with Crippen LogP contribution in [-0.4, -0.2) is 23.7 Å². The SMILES string of the molecule is CCn1c(=NC(=O)c2ccc3c(c2)OCCO3)sc2cc(C)c(C)cc21. The third-order valence-corrected chi connectivity index (χ3v) is 5.64. The van der Waals surface area contributed by atoms with Crippen LogP contribution in [0.15, 0.2) is 35.3 Å². The second-order valence-corrected chi connectivity index (χ2v) is 7.32. The molecule has 0 spiro atoms. The maximum Gasteiger partial charge on any atom is 0.279 e. The van der Waals surface area contributed by atoms with Crippen molar-refractivity contribution in [1.29, 1.82) is 0 Å². The molecule has 6 heteroatoms. The fourth-order valence-corrected chi connectivity index (χ4v) is 4.21. The zero-order valence-electron chi connectivity index (χ0n) is 15.0. The molecule has 0 radical (unpaired) electrons. The van der Waals surface area contributed by atoms with Crippen LogP contribution in [0.5, 0.6) is 11.5 Å². The molecule has 134 valence electrons. The number of amides is 1. The maximum absolute atomic E-state index is 12.7. The zero-order chi connectivity index (χ0) is 18.3. The van der Waals surface area contributed by atoms with Gasteiger partial charge in [-0.15, -0.1) is 0 Å². The number of thiazole rings is 1. The first-order valence-electron chi connectivity index (χ1n) is 8.66. The minimum Gasteiger partial charge on any atom is -0.486 e. The largest absolute Gasteiger partial charge is 0.486 e. The Kier molecular flexibility index (Phi) is 4.28. The second-order valence-electron chi connectivity index (χ2n) is 6.31. The summed E-state index contributed by atoms with van der Waals surface area (Å²) in [5.74, 6) is 0.997. The average Bonchev–Trinajstić information content (AvgIpc) is 2.97. The summed E-state index contributed by atoms with van der Waals surface area (Å²) in [4.78, 5) is 17.8. The van der Waals surface area contributed by atoms with Gasteiger partial charge in [0.15, 0.2) is 16.3 Å². The summed E-state index contributed by atoms with van der Waals surface area (Å²) in [6.07, 6.45) is 0. The van der Waals surface area contributed by atoms with Gasteiger partial charge in [-0.2, -0.15) is 4.99 Å². The van der Waals surface area contributed by atoms with Crippen molar-refractivity contribution in [2.45, 2.75) is 27.3 Å². The normalized spacial score (nSPS) is 14.0. The number of ether oxygens (including phenoxy) is 2. The third kappa shape index (κ3) is 2.90. The van der Waals surface area contributed by atoms with E-state index in [9.17, 15) is 4.79 Å². The van der Waals surface area contributed by atoms with Gasteiger partial charge in [0.05, 0.1) is 10.2 Å². The Morgan fingerprint density at radius 2 is 1.85 bits per heavy atom. The van der Waals surface area contributed by atoms with E-state index in [1.165, 1.54) is 11.1 Å². The molecule has 0 saturated carbocycles. The van der Waals surface area contributed by atoms with Crippen molar-refractivity contribution in [2.24, 2.45) is 4.99 Å². The molecule has 0 fully saturated rings. The van der Waals surface area contributed by atoms with Crippen LogP contribution in [0.2, 0.25) is 0 Å². The van der Waals surface area contributed by atoms with Crippen molar-refractivity contribution in [3.63, 3.8) is 0 Å². The van der Waals surface area contributed by atoms with Gasteiger partial charge in [-0.1, -0.05) is 11.3 Å². The Bertz CT molecular complexity index is 1080. The molecule has 0 atom stereocenters. The zero-order valence-corrected chi connectivity index (χ0v) is 15.9. The first kappa shape index (κ1) is 16.8. The van der Waals surface area contributed by atoms with E-state index in [1.54, 1.807) is 29.5 Å². The molecule has 4 rings (SSSR count). The highest BCUT2D eigenvalue weighted by molar-refractivity contribution is 7.16. The molecule has 1 aliphatic heterocycles. The number of nitrogens with zero attached hydrogens (tertiary/aromatic N) is 2. The number of aromatic nitrogens is 1. The monoisotopic (exact) mass is 368 g/mol. The lowest BCUT2D eigenvalue weighted by atomic mass is 10.1. The van der Waals surface area contributed by atoms with Crippen molar-refractivity contribution >= 4 is 27.5 Å². The topological polar surface area (TPSA) is 52.8 Å². The summed E-state index contributed by atoms with van der Waals surface area (Å²) >= 11 is 1.54. The quantitative estimate of drug-likeness (QED) is 0.690. The van der Waals surface area contributed by atoms with Gasteiger partial charge >= 0.3 is 0 Å². The van der Waals surface area contributed by atoms with Crippen LogP contribution in [0.1, 0.15) is 28.4 Å². The highest BCUT2D eigenvalue weighted by Gasteiger charge is 2.15. The van der Waals surface area contributed by atoms with E-state index in [2.05, 4.69) is 42.5 Å². The van der Waals surface area contributed by atoms with Crippen molar-refractivity contribution in [1.82, 2.24) is 4.57 Å². The summed E-state index contributed by atoms with van der Waals surface area (Å²) in [6.45, 7) is 8.05. The van der Waals surface area contributed by atoms with Crippen molar-refractivity contribution in [3.05, 3.63) is 51.8 Å². The van der Waals surface area contributed by atoms with E-state index in [4.69, 9.17) is 9.47 Å². The lowest BCUT2D eigenvalue weighted by Crippen LogP contribution is -2.17. The van der Waals surface area contributed by atoms with Crippen molar-refractivity contribution < 1.29 is 14.3 Å². The van der Waals surface area contributed by atoms with E-state index in [1.807, 2.05) is 0 Å². The average molecular weight is 368 g/mol. The molecule has 2 aromatic carbocycles. The van der Waals surface area contributed by atoms with Gasteiger partial charge in [-0.05, 0) is 62.2 Å². The highest BCUT2D eigenvalue weighted by atomic mass is 32.1. The number of carbonyl (C=O) groups is 1. The summed E-state index contributed by atoms with van der Waals surface area (Å²) < 4.78 is 14.3. The van der Waals surface area contributed by atoms with Gasteiger partial charge in [0.2, 0.25) is 0 Å². The van der Waals surface area contributed by atoms with Gasteiger partial charge < -0.3 is 14.0 Å². The number of carbonyl (C=O) groups excluding carboxylic acids is 1. The molecule has 1 aromatic heterocycles. The number of hydrogen-bond acceptors (Lipinski definition) is 4. The highest BCUT2D eigenvalue weighted by Crippen LogP contribution is 2.31. The summed E-state index contributed by atoms with van der Waals surface area (Å²) in [5.41, 5.74) is 4.10. The van der Waals surface area contributed by atoms with Crippen LogP contribution in [0.3, 0.4) is 0 Å². The Labute approximate surface area is 155 Å². The molecule has 1 amide bonds. The number of aryl methyl sites for hydroxylation is 3. The lowest BCUT2D eigenvalue weighted by molar-refractivity contribution is 0.0996. The van der Waals surface area contributed by atoms with Crippen LogP contribution in [0.25, 0.3) is 10.2 Å². The number of fused-ring (bicyclic) bond motifs is 2. The molecule has 0 N–H and O–H groups in total. The van der Waals surface area contributed by atoms with E-state index >= 15 is 0 Å². The maximum atomic E-state index is 12.7. The predicted octanol–water partition coefficient (Wildman–Crippen LogP) is 3.85. The molecule has 0 saturated heterocycles. The summed E-state index contributed by atoms with van der Waals surface area (Å²) in [6, 6.07) is 9.53. The van der Waals surface area contributed by atoms with Crippen molar-refractivity contribution in [2.75, 3.05) is 13.2 Å². The van der Waals surface area contributed by atoms with Crippen LogP contribution >= 0.6 is 11.3 Å². The molecule has 0 aliphatic carbocycles. The number of benzene rings is 2. The Morgan fingerprint density at radius 1 is 1.12 bits per heavy atom. The van der Waals surface area contributed by atoms with Crippen molar-refractivity contribution in [3.8, 4) is 11.5 Å². The molecule has 0 unspecified atom stereocenters. The van der Waals surface area contributed by atoms with E-state index in [-0.39, 0.29) is 5.91 Å². The summed E-state index contributed by atoms with van der Waals surface area (Å²) in [5, 5.41) is 0. The molecular formula is C20H20N2O3S. The molecule has 1 aliphatic rings. The van der Waals surface area contributed by atoms with Gasteiger partial charge in [0.25, 0.3) is 5.91 Å². The molecule has 3 aromatic rings. The van der Waals surface area contributed by atoms with Crippen LogP contribution < -0.4 is 14.3 Å². The van der Waals surface area contributed by atoms with E-state index < -0.39 is 0 Å². The standard InChI is InChI=1S/C20H20N2O3S/c1-4-22-15-9-12(2)13(3)10-18(15)26-20(22)21-19(23)14-5-6-16-17(11-14)25-8-7-24-16/h5-6,9-11H,4,7-8H2,1-3H3. The van der Waals surface area contributed by atoms with Gasteiger partial charge in [-0.3, -0.25) is 4.79 Å². The molecular weight excluding hydrogens is 348 g/mol. The smallest absolute Gasteiger partial charge is 0.279 e. The van der Waals surface area contributed by atoms with E-state index in [0.717, 1.165) is 16.8 Å². The first-order chi connectivity index (χ1) is 12.6. The summed E-state index contributed by atoms with van der Waals surface area (Å²) in [7, 11) is 0. The number of hydrogen-bond donors (Lipinski definition) is 0. The molecule has 5 nitrogen and oxygen atoms in total. The molecule has 2 heterocycles. The van der Waals surface area contributed by atoms with Gasteiger partial charge in [0, 0.05) is 12.1 Å². The fourth-order valence-electron chi connectivity index (χ4n) is 3.04. The predicted molar refractivity (Wildman–Crippen MR) is 102 cm³/mol. The molecule has 0 bridgehead atoms. The minimum absolute atomic E-state index is 0.274. The van der Waals surface area contributed by atoms with Crippen LogP contribution in [0, 0.1) is 13.8 Å². The Hall–Kier alpha value is -2.60. The van der Waals surface area contributed by atoms with Gasteiger partial charge in [-0.25, -0.2) is 0 Å². The molecule has 26 heavy (non-hydrogen) atoms. The number of rotatable bonds is 2. The van der Waals surface area contributed by atoms with Gasteiger partial charge in [0.1, 0.15) is 13.2 Å². The second kappa shape index (κ2) is 6.61. The van der Waals surface area contributed by atoms with Crippen LogP contribution in [0.4, 0.5) is 0 Å². The lowest BCUT2D eigenvalue weighted by Gasteiger charge is -2.18. The third-order valence-electron chi connectivity index (χ3n) is 4.60. The first-order valence-corrected chi connectivity index (χ1v) is 9.47. The fraction of sp³-hybridized carbons (Fsp3) is 0.300. The Morgan fingerprint density at radius 3 is 2.62 bits per heavy atom. The minimum atomic E-state index is -0.274.